The minimum absolute atomic E-state index is 0.0114. The molecule has 2 N–H and O–H groups in total. The molecule has 4 rings (SSSR count). The number of rotatable bonds is 13. The first-order chi connectivity index (χ1) is 20.1. The summed E-state index contributed by atoms with van der Waals surface area (Å²) in [5.74, 6) is 0.785. The quantitative estimate of drug-likeness (QED) is 0.156. The third-order valence-electron chi connectivity index (χ3n) is 9.27. The lowest BCUT2D eigenvalue weighted by molar-refractivity contribution is -0.202. The van der Waals surface area contributed by atoms with Gasteiger partial charge in [-0.25, -0.2) is 0 Å². The van der Waals surface area contributed by atoms with E-state index in [1.807, 2.05) is 30.3 Å². The Bertz CT molecular complexity index is 953. The topological polar surface area (TPSA) is 95.8 Å². The summed E-state index contributed by atoms with van der Waals surface area (Å²) in [6, 6.07) is 9.76. The van der Waals surface area contributed by atoms with Gasteiger partial charge in [0, 0.05) is 25.4 Å². The van der Waals surface area contributed by atoms with Crippen LogP contribution in [0.5, 0.6) is 5.75 Å². The van der Waals surface area contributed by atoms with E-state index in [1.54, 1.807) is 0 Å². The molecule has 8 nitrogen and oxygen atoms in total. The average Bonchev–Trinajstić information content (AvgIpc) is 3.31. The van der Waals surface area contributed by atoms with Gasteiger partial charge in [-0.05, 0) is 74.9 Å². The maximum absolute atomic E-state index is 11.4. The van der Waals surface area contributed by atoms with Crippen molar-refractivity contribution in [2.45, 2.75) is 121 Å². The zero-order chi connectivity index (χ0) is 30.2. The molecule has 1 aromatic carbocycles. The van der Waals surface area contributed by atoms with Crippen molar-refractivity contribution in [2.75, 3.05) is 26.4 Å². The summed E-state index contributed by atoms with van der Waals surface area (Å²) in [4.78, 5) is 0. The highest BCUT2D eigenvalue weighted by atomic mass is 28.4. The molecule has 238 valence electrons. The summed E-state index contributed by atoms with van der Waals surface area (Å²) >= 11 is 0. The summed E-state index contributed by atoms with van der Waals surface area (Å²) in [6.45, 7) is 12.6. The van der Waals surface area contributed by atoms with Gasteiger partial charge < -0.3 is 38.3 Å². The van der Waals surface area contributed by atoms with E-state index in [2.05, 4.69) is 39.9 Å². The maximum atomic E-state index is 11.4. The molecule has 2 heterocycles. The molecule has 1 aliphatic carbocycles. The van der Waals surface area contributed by atoms with Crippen LogP contribution in [0.3, 0.4) is 0 Å². The van der Waals surface area contributed by atoms with E-state index in [9.17, 15) is 10.2 Å². The molecule has 3 aliphatic rings. The molecular weight excluding hydrogens is 552 g/mol. The van der Waals surface area contributed by atoms with Gasteiger partial charge in [0.1, 0.15) is 11.5 Å². The van der Waals surface area contributed by atoms with Crippen LogP contribution in [0.25, 0.3) is 0 Å². The Balaban J connectivity index is 1.65. The third-order valence-corrected chi connectivity index (χ3v) is 13.8. The molecule has 9 heteroatoms. The van der Waals surface area contributed by atoms with E-state index >= 15 is 0 Å². The molecule has 0 aromatic heterocycles. The number of hydrogen-bond donors (Lipinski definition) is 2. The first kappa shape index (κ1) is 33.4. The van der Waals surface area contributed by atoms with Crippen LogP contribution in [0.1, 0.15) is 72.1 Å². The van der Waals surface area contributed by atoms with Crippen LogP contribution in [0, 0.1) is 11.8 Å². The Morgan fingerprint density at radius 2 is 1.67 bits per heavy atom. The van der Waals surface area contributed by atoms with Crippen LogP contribution in [-0.2, 0) is 23.4 Å². The lowest BCUT2D eigenvalue weighted by atomic mass is 9.86. The molecule has 0 radical (unpaired) electrons. The van der Waals surface area contributed by atoms with Gasteiger partial charge in [-0.1, -0.05) is 39.0 Å². The predicted octanol–water partition coefficient (Wildman–Crippen LogP) is 6.17. The highest BCUT2D eigenvalue weighted by Crippen LogP contribution is 2.48. The fraction of sp³-hybridized carbons (Fsp3) is 0.758. The van der Waals surface area contributed by atoms with E-state index in [0.717, 1.165) is 50.0 Å². The SMILES string of the molecule is CC(C)(C)[Si](C)(C)O[C@H]1C[C@@H](OC2CCCCO2)[C@@H](/C(=C\CCOc2ccccc2)OC2CCCCO2)[C@H]1[C@H](O)CO. The van der Waals surface area contributed by atoms with Crippen LogP contribution in [0.2, 0.25) is 18.1 Å². The van der Waals surface area contributed by atoms with Gasteiger partial charge in [-0.3, -0.25) is 0 Å². The zero-order valence-corrected chi connectivity index (χ0v) is 27.3. The molecule has 1 aromatic rings. The fourth-order valence-corrected chi connectivity index (χ4v) is 7.31. The van der Waals surface area contributed by atoms with Gasteiger partial charge in [0.2, 0.25) is 0 Å². The van der Waals surface area contributed by atoms with Gasteiger partial charge >= 0.3 is 0 Å². The van der Waals surface area contributed by atoms with Gasteiger partial charge in [-0.2, -0.15) is 0 Å². The summed E-state index contributed by atoms with van der Waals surface area (Å²) in [7, 11) is -2.21. The van der Waals surface area contributed by atoms with Crippen LogP contribution in [-0.4, -0.2) is 75.8 Å². The van der Waals surface area contributed by atoms with Crippen molar-refractivity contribution >= 4 is 8.32 Å². The Morgan fingerprint density at radius 1 is 1.00 bits per heavy atom. The highest BCUT2D eigenvalue weighted by Gasteiger charge is 2.53. The smallest absolute Gasteiger partial charge is 0.199 e. The van der Waals surface area contributed by atoms with E-state index in [0.29, 0.717) is 32.7 Å². The summed E-state index contributed by atoms with van der Waals surface area (Å²) in [5.41, 5.74) is 0. The van der Waals surface area contributed by atoms with Gasteiger partial charge in [-0.15, -0.1) is 0 Å². The third kappa shape index (κ3) is 9.03. The van der Waals surface area contributed by atoms with Crippen molar-refractivity contribution in [3.8, 4) is 5.75 Å². The lowest BCUT2D eigenvalue weighted by Crippen LogP contribution is -2.47. The van der Waals surface area contributed by atoms with Crippen LogP contribution < -0.4 is 4.74 Å². The van der Waals surface area contributed by atoms with Crippen molar-refractivity contribution < 1.29 is 38.3 Å². The Hall–Kier alpha value is -1.46. The van der Waals surface area contributed by atoms with Crippen LogP contribution >= 0.6 is 0 Å². The van der Waals surface area contributed by atoms with Crippen LogP contribution in [0.15, 0.2) is 42.2 Å². The Labute approximate surface area is 253 Å². The molecule has 1 saturated carbocycles. The molecule has 0 amide bonds. The first-order valence-corrected chi connectivity index (χ1v) is 18.9. The minimum Gasteiger partial charge on any atom is -0.493 e. The fourth-order valence-electron chi connectivity index (χ4n) is 5.94. The van der Waals surface area contributed by atoms with E-state index in [1.165, 1.54) is 0 Å². The van der Waals surface area contributed by atoms with Crippen molar-refractivity contribution in [2.24, 2.45) is 11.8 Å². The molecule has 7 atom stereocenters. The number of aliphatic hydroxyl groups is 2. The molecule has 42 heavy (non-hydrogen) atoms. The summed E-state index contributed by atoms with van der Waals surface area (Å²) < 4.78 is 38.3. The number of para-hydroxylation sites is 1. The zero-order valence-electron chi connectivity index (χ0n) is 26.3. The van der Waals surface area contributed by atoms with E-state index in [4.69, 9.17) is 28.1 Å². The minimum atomic E-state index is -2.21. The van der Waals surface area contributed by atoms with Gasteiger partial charge in [0.05, 0.1) is 44.1 Å². The van der Waals surface area contributed by atoms with Crippen molar-refractivity contribution in [1.29, 1.82) is 0 Å². The lowest BCUT2D eigenvalue weighted by Gasteiger charge is -2.41. The normalized spacial score (nSPS) is 30.2. The number of hydrogen-bond acceptors (Lipinski definition) is 8. The molecular formula is C33H54O8Si. The van der Waals surface area contributed by atoms with Gasteiger partial charge in [0.25, 0.3) is 0 Å². The number of aliphatic hydroxyl groups excluding tert-OH is 2. The van der Waals surface area contributed by atoms with Crippen molar-refractivity contribution in [3.63, 3.8) is 0 Å². The largest absolute Gasteiger partial charge is 0.493 e. The maximum Gasteiger partial charge on any atom is 0.199 e. The van der Waals surface area contributed by atoms with Crippen molar-refractivity contribution in [1.82, 2.24) is 0 Å². The number of benzene rings is 1. The van der Waals surface area contributed by atoms with E-state index in [-0.39, 0.29) is 42.4 Å². The Morgan fingerprint density at radius 3 is 2.26 bits per heavy atom. The summed E-state index contributed by atoms with van der Waals surface area (Å²) in [6.07, 6.45) is 6.78. The molecule has 0 spiro atoms. The monoisotopic (exact) mass is 606 g/mol. The molecule has 2 saturated heterocycles. The first-order valence-electron chi connectivity index (χ1n) is 16.0. The molecule has 3 fully saturated rings. The second-order valence-electron chi connectivity index (χ2n) is 13.4. The predicted molar refractivity (Wildman–Crippen MR) is 165 cm³/mol. The second kappa shape index (κ2) is 15.5. The van der Waals surface area contributed by atoms with Gasteiger partial charge in [0.15, 0.2) is 20.9 Å². The standard InChI is InChI=1S/C33H54O8Si/c1-33(2,3)42(4,5)41-28-22-27(40-30-18-10-12-20-38-30)32(31(28)25(35)23-34)26(39-29-17-9-11-19-37-29)16-13-21-36-24-14-7-6-8-15-24/h6-8,14-16,25,27-32,34-35H,9-13,17-23H2,1-5H3/b26-16+/t25-,27-,28+,29?,30?,31+,32-/m1/s1. The molecule has 2 aliphatic heterocycles. The van der Waals surface area contributed by atoms with E-state index < -0.39 is 20.3 Å². The molecule has 2 unspecified atom stereocenters. The van der Waals surface area contributed by atoms with Crippen LogP contribution in [0.4, 0.5) is 0 Å². The highest BCUT2D eigenvalue weighted by molar-refractivity contribution is 6.74. The Kier molecular flexibility index (Phi) is 12.3. The van der Waals surface area contributed by atoms with Crippen molar-refractivity contribution in [3.05, 3.63) is 42.2 Å². The molecule has 0 bridgehead atoms. The summed E-state index contributed by atoms with van der Waals surface area (Å²) in [5, 5.41) is 21.6. The second-order valence-corrected chi connectivity index (χ2v) is 18.2. The number of ether oxygens (including phenoxy) is 5. The average molecular weight is 607 g/mol.